The summed E-state index contributed by atoms with van der Waals surface area (Å²) in [5, 5.41) is 35.3. The molecule has 0 aromatic heterocycles. The van der Waals surface area contributed by atoms with Gasteiger partial charge in [-0.2, -0.15) is 11.8 Å². The van der Waals surface area contributed by atoms with E-state index in [4.69, 9.17) is 10.8 Å². The minimum absolute atomic E-state index is 0.0179. The number of aliphatic carboxylic acids is 2. The van der Waals surface area contributed by atoms with Crippen LogP contribution >= 0.6 is 11.8 Å². The highest BCUT2D eigenvalue weighted by molar-refractivity contribution is 7.98. The third-order valence-corrected chi connectivity index (χ3v) is 5.86. The topological polar surface area (TPSA) is 208 Å². The highest BCUT2D eigenvalue weighted by Gasteiger charge is 2.32. The molecule has 0 aliphatic heterocycles. The number of carbonyl (C=O) groups is 5. The van der Waals surface area contributed by atoms with Crippen LogP contribution in [0.5, 0.6) is 5.75 Å². The Hall–Kier alpha value is -3.32. The lowest BCUT2D eigenvalue weighted by molar-refractivity contribution is -0.142. The third kappa shape index (κ3) is 10.5. The summed E-state index contributed by atoms with van der Waals surface area (Å²) >= 11 is 1.42. The highest BCUT2D eigenvalue weighted by Crippen LogP contribution is 2.12. The summed E-state index contributed by atoms with van der Waals surface area (Å²) in [4.78, 5) is 60.8. The number of hydrogen-bond acceptors (Lipinski definition) is 8. The third-order valence-electron chi connectivity index (χ3n) is 5.21. The van der Waals surface area contributed by atoms with Gasteiger partial charge in [0.1, 0.15) is 23.9 Å². The van der Waals surface area contributed by atoms with Gasteiger partial charge in [0.25, 0.3) is 0 Å². The number of rotatable bonds is 15. The van der Waals surface area contributed by atoms with Crippen LogP contribution in [-0.4, -0.2) is 81.2 Å². The molecular weight excluding hydrogens is 492 g/mol. The second-order valence-corrected chi connectivity index (χ2v) is 9.53. The van der Waals surface area contributed by atoms with Crippen LogP contribution in [0.15, 0.2) is 24.3 Å². The number of phenolic OH excluding ortho intramolecular Hbond substituents is 1. The van der Waals surface area contributed by atoms with E-state index >= 15 is 0 Å². The van der Waals surface area contributed by atoms with Crippen molar-refractivity contribution >= 4 is 41.4 Å². The molecule has 8 N–H and O–H groups in total. The van der Waals surface area contributed by atoms with Crippen molar-refractivity contribution in [2.75, 3.05) is 12.0 Å². The molecule has 1 aromatic rings. The fraction of sp³-hybridized carbons (Fsp3) is 0.522. The molecule has 0 saturated heterocycles. The maximum absolute atomic E-state index is 13.0. The monoisotopic (exact) mass is 526 g/mol. The molecule has 0 bridgehead atoms. The van der Waals surface area contributed by atoms with E-state index in [0.29, 0.717) is 11.3 Å². The summed E-state index contributed by atoms with van der Waals surface area (Å²) in [5.74, 6) is -4.68. The van der Waals surface area contributed by atoms with Gasteiger partial charge < -0.3 is 37.0 Å². The average molecular weight is 527 g/mol. The van der Waals surface area contributed by atoms with Crippen molar-refractivity contribution in [2.24, 2.45) is 11.7 Å². The van der Waals surface area contributed by atoms with Gasteiger partial charge in [-0.25, -0.2) is 4.79 Å². The van der Waals surface area contributed by atoms with Gasteiger partial charge in [0.2, 0.25) is 17.7 Å². The molecular formula is C23H34N4O8S. The largest absolute Gasteiger partial charge is 0.508 e. The van der Waals surface area contributed by atoms with Crippen LogP contribution in [0.25, 0.3) is 0 Å². The van der Waals surface area contributed by atoms with E-state index in [1.54, 1.807) is 20.1 Å². The Balaban J connectivity index is 2.95. The standard InChI is InChI=1S/C23H34N4O8S/c1-12(2)19(22(33)26-17(23(34)35)10-13-4-6-14(28)7-5-13)27-21(32)16(8-9-36-3)25-20(31)15(24)11-18(29)30/h4-7,12,15-17,19,28H,8-11,24H2,1-3H3,(H,25,31)(H,26,33)(H,27,32)(H,29,30)(H,34,35). The van der Waals surface area contributed by atoms with Gasteiger partial charge in [0, 0.05) is 6.42 Å². The molecule has 0 aliphatic rings. The number of carboxylic acids is 2. The van der Waals surface area contributed by atoms with Crippen molar-refractivity contribution in [3.8, 4) is 5.75 Å². The second-order valence-electron chi connectivity index (χ2n) is 8.55. The molecule has 36 heavy (non-hydrogen) atoms. The Kier molecular flexibility index (Phi) is 12.7. The molecule has 3 amide bonds. The van der Waals surface area contributed by atoms with Gasteiger partial charge in [0.05, 0.1) is 12.5 Å². The summed E-state index contributed by atoms with van der Waals surface area (Å²) in [5.41, 5.74) is 6.16. The lowest BCUT2D eigenvalue weighted by Gasteiger charge is -2.27. The molecule has 0 fully saturated rings. The zero-order valence-corrected chi connectivity index (χ0v) is 21.2. The highest BCUT2D eigenvalue weighted by atomic mass is 32.2. The Morgan fingerprint density at radius 3 is 2.00 bits per heavy atom. The maximum Gasteiger partial charge on any atom is 0.326 e. The number of nitrogens with one attached hydrogen (secondary N) is 3. The number of benzene rings is 1. The molecule has 0 spiro atoms. The van der Waals surface area contributed by atoms with E-state index in [-0.39, 0.29) is 18.6 Å². The van der Waals surface area contributed by atoms with Gasteiger partial charge in [0.15, 0.2) is 0 Å². The number of hydrogen-bond donors (Lipinski definition) is 7. The minimum atomic E-state index is -1.35. The van der Waals surface area contributed by atoms with E-state index in [1.807, 2.05) is 0 Å². The van der Waals surface area contributed by atoms with E-state index in [2.05, 4.69) is 16.0 Å². The number of thioether (sulfide) groups is 1. The van der Waals surface area contributed by atoms with Crippen molar-refractivity contribution in [1.29, 1.82) is 0 Å². The van der Waals surface area contributed by atoms with Gasteiger partial charge >= 0.3 is 11.9 Å². The molecule has 13 heteroatoms. The van der Waals surface area contributed by atoms with Crippen LogP contribution in [0.2, 0.25) is 0 Å². The number of phenols is 1. The molecule has 12 nitrogen and oxygen atoms in total. The first-order chi connectivity index (χ1) is 16.8. The predicted octanol–water partition coefficient (Wildman–Crippen LogP) is -0.315. The van der Waals surface area contributed by atoms with Crippen molar-refractivity contribution in [1.82, 2.24) is 16.0 Å². The Morgan fingerprint density at radius 1 is 0.917 bits per heavy atom. The first kappa shape index (κ1) is 30.7. The van der Waals surface area contributed by atoms with Gasteiger partial charge in [-0.1, -0.05) is 26.0 Å². The first-order valence-electron chi connectivity index (χ1n) is 11.2. The van der Waals surface area contributed by atoms with Crippen molar-refractivity contribution < 1.29 is 39.3 Å². The number of aromatic hydroxyl groups is 1. The van der Waals surface area contributed by atoms with Crippen LogP contribution in [0.4, 0.5) is 0 Å². The molecule has 0 radical (unpaired) electrons. The van der Waals surface area contributed by atoms with E-state index in [1.165, 1.54) is 36.0 Å². The normalized spacial score (nSPS) is 14.2. The fourth-order valence-corrected chi connectivity index (χ4v) is 3.65. The van der Waals surface area contributed by atoms with E-state index in [9.17, 15) is 34.2 Å². The number of amides is 3. The Morgan fingerprint density at radius 2 is 1.50 bits per heavy atom. The zero-order valence-electron chi connectivity index (χ0n) is 20.4. The van der Waals surface area contributed by atoms with Crippen LogP contribution < -0.4 is 21.7 Å². The molecule has 4 atom stereocenters. The quantitative estimate of drug-likeness (QED) is 0.158. The summed E-state index contributed by atoms with van der Waals surface area (Å²) in [6.45, 7) is 3.33. The Labute approximate surface area is 213 Å². The predicted molar refractivity (Wildman–Crippen MR) is 133 cm³/mol. The smallest absolute Gasteiger partial charge is 0.326 e. The molecule has 1 aromatic carbocycles. The SMILES string of the molecule is CSCCC(NC(=O)C(N)CC(=O)O)C(=O)NC(C(=O)NC(Cc1ccc(O)cc1)C(=O)O)C(C)C. The van der Waals surface area contributed by atoms with E-state index in [0.717, 1.165) is 0 Å². The molecule has 0 aliphatic carbocycles. The Bertz CT molecular complexity index is 925. The summed E-state index contributed by atoms with van der Waals surface area (Å²) in [6, 6.07) is 1.04. The lowest BCUT2D eigenvalue weighted by Crippen LogP contribution is -2.58. The minimum Gasteiger partial charge on any atom is -0.508 e. The maximum atomic E-state index is 13.0. The molecule has 200 valence electrons. The van der Waals surface area contributed by atoms with Crippen LogP contribution in [-0.2, 0) is 30.4 Å². The average Bonchev–Trinajstić information content (AvgIpc) is 2.79. The summed E-state index contributed by atoms with van der Waals surface area (Å²) in [6.07, 6.45) is 1.34. The van der Waals surface area contributed by atoms with Crippen LogP contribution in [0.1, 0.15) is 32.3 Å². The van der Waals surface area contributed by atoms with Crippen molar-refractivity contribution in [3.63, 3.8) is 0 Å². The van der Waals surface area contributed by atoms with Gasteiger partial charge in [-0.05, 0) is 42.0 Å². The summed E-state index contributed by atoms with van der Waals surface area (Å²) < 4.78 is 0. The summed E-state index contributed by atoms with van der Waals surface area (Å²) in [7, 11) is 0. The van der Waals surface area contributed by atoms with Crippen molar-refractivity contribution in [2.45, 2.75) is 57.3 Å². The lowest BCUT2D eigenvalue weighted by atomic mass is 10.0. The number of carbonyl (C=O) groups excluding carboxylic acids is 3. The van der Waals surface area contributed by atoms with Crippen molar-refractivity contribution in [3.05, 3.63) is 29.8 Å². The molecule has 1 rings (SSSR count). The number of nitrogens with two attached hydrogens (primary N) is 1. The van der Waals surface area contributed by atoms with Gasteiger partial charge in [-0.15, -0.1) is 0 Å². The molecule has 4 unspecified atom stereocenters. The first-order valence-corrected chi connectivity index (χ1v) is 12.6. The fourth-order valence-electron chi connectivity index (χ4n) is 3.18. The molecule has 0 heterocycles. The van der Waals surface area contributed by atoms with Crippen LogP contribution in [0.3, 0.4) is 0 Å². The zero-order chi connectivity index (χ0) is 27.4. The van der Waals surface area contributed by atoms with E-state index < -0.39 is 66.2 Å². The van der Waals surface area contributed by atoms with Gasteiger partial charge in [-0.3, -0.25) is 19.2 Å². The second kappa shape index (κ2) is 14.9. The van der Waals surface area contributed by atoms with Crippen LogP contribution in [0, 0.1) is 5.92 Å². The number of carboxylic acid groups (broad SMARTS) is 2. The molecule has 0 saturated carbocycles.